The fraction of sp³-hybridized carbons (Fsp3) is 0.0667. The van der Waals surface area contributed by atoms with Crippen molar-refractivity contribution in [2.75, 3.05) is 11.9 Å². The maximum atomic E-state index is 13.0. The molecule has 0 radical (unpaired) electrons. The normalized spacial score (nSPS) is 9.76. The van der Waals surface area contributed by atoms with Crippen LogP contribution in [0.4, 0.5) is 10.1 Å². The van der Waals surface area contributed by atoms with Gasteiger partial charge in [0, 0.05) is 5.69 Å². The fourth-order valence-corrected chi connectivity index (χ4v) is 1.73. The van der Waals surface area contributed by atoms with Crippen molar-refractivity contribution in [2.45, 2.75) is 0 Å². The van der Waals surface area contributed by atoms with Gasteiger partial charge in [-0.1, -0.05) is 11.6 Å². The molecule has 106 valence electrons. The van der Waals surface area contributed by atoms with Gasteiger partial charge in [-0.15, -0.1) is 0 Å². The summed E-state index contributed by atoms with van der Waals surface area (Å²) in [5.41, 5.74) is 0.891. The number of ether oxygens (including phenoxy) is 1. The average Bonchev–Trinajstić information content (AvgIpc) is 2.49. The summed E-state index contributed by atoms with van der Waals surface area (Å²) in [6.45, 7) is -0.207. The molecule has 0 atom stereocenters. The van der Waals surface area contributed by atoms with Crippen LogP contribution in [0.15, 0.2) is 42.5 Å². The summed E-state index contributed by atoms with van der Waals surface area (Å²) >= 11 is 5.61. The molecule has 4 nitrogen and oxygen atoms in total. The highest BCUT2D eigenvalue weighted by Crippen LogP contribution is 2.19. The van der Waals surface area contributed by atoms with E-state index >= 15 is 0 Å². The Kier molecular flexibility index (Phi) is 4.75. The number of hydrogen-bond donors (Lipinski definition) is 1. The van der Waals surface area contributed by atoms with Gasteiger partial charge in [0.25, 0.3) is 5.91 Å². The van der Waals surface area contributed by atoms with E-state index in [9.17, 15) is 9.18 Å². The monoisotopic (exact) mass is 304 g/mol. The molecule has 0 aromatic heterocycles. The Balaban J connectivity index is 1.89. The summed E-state index contributed by atoms with van der Waals surface area (Å²) in [6.07, 6.45) is 0. The molecular formula is C15H10ClFN2O2. The van der Waals surface area contributed by atoms with Crippen LogP contribution in [0, 0.1) is 17.1 Å². The SMILES string of the molecule is N#Cc1ccc(OCC(=O)Nc2ccc(F)c(Cl)c2)cc1. The van der Waals surface area contributed by atoms with Gasteiger partial charge in [0.05, 0.1) is 16.7 Å². The zero-order valence-corrected chi connectivity index (χ0v) is 11.5. The van der Waals surface area contributed by atoms with E-state index in [0.29, 0.717) is 17.0 Å². The average molecular weight is 305 g/mol. The predicted molar refractivity (Wildman–Crippen MR) is 76.7 cm³/mol. The Hall–Kier alpha value is -2.58. The highest BCUT2D eigenvalue weighted by Gasteiger charge is 2.06. The van der Waals surface area contributed by atoms with Crippen LogP contribution in [0.25, 0.3) is 0 Å². The highest BCUT2D eigenvalue weighted by molar-refractivity contribution is 6.31. The first-order valence-electron chi connectivity index (χ1n) is 5.96. The third kappa shape index (κ3) is 4.20. The van der Waals surface area contributed by atoms with Crippen LogP contribution in [-0.4, -0.2) is 12.5 Å². The van der Waals surface area contributed by atoms with Crippen LogP contribution in [0.1, 0.15) is 5.56 Å². The van der Waals surface area contributed by atoms with E-state index < -0.39 is 11.7 Å². The number of halogens is 2. The van der Waals surface area contributed by atoms with Crippen molar-refractivity contribution >= 4 is 23.2 Å². The number of nitrogens with one attached hydrogen (secondary N) is 1. The minimum absolute atomic E-state index is 0.0687. The van der Waals surface area contributed by atoms with Crippen molar-refractivity contribution in [3.05, 3.63) is 58.9 Å². The second kappa shape index (κ2) is 6.73. The van der Waals surface area contributed by atoms with E-state index in [1.165, 1.54) is 18.2 Å². The molecule has 0 fully saturated rings. The molecule has 0 spiro atoms. The van der Waals surface area contributed by atoms with E-state index in [-0.39, 0.29) is 11.6 Å². The Bertz CT molecular complexity index is 696. The molecule has 0 bridgehead atoms. The smallest absolute Gasteiger partial charge is 0.262 e. The number of anilines is 1. The van der Waals surface area contributed by atoms with Crippen molar-refractivity contribution in [3.63, 3.8) is 0 Å². The lowest BCUT2D eigenvalue weighted by atomic mass is 10.2. The lowest BCUT2D eigenvalue weighted by Crippen LogP contribution is -2.20. The van der Waals surface area contributed by atoms with Gasteiger partial charge in [-0.3, -0.25) is 4.79 Å². The van der Waals surface area contributed by atoms with E-state index in [1.54, 1.807) is 24.3 Å². The molecule has 2 aromatic rings. The molecule has 0 aliphatic heterocycles. The summed E-state index contributed by atoms with van der Waals surface area (Å²) < 4.78 is 18.2. The molecule has 21 heavy (non-hydrogen) atoms. The van der Waals surface area contributed by atoms with Gasteiger partial charge in [0.1, 0.15) is 11.6 Å². The minimum Gasteiger partial charge on any atom is -0.484 e. The first kappa shape index (κ1) is 14.8. The molecule has 0 saturated heterocycles. The van der Waals surface area contributed by atoms with Gasteiger partial charge in [-0.05, 0) is 42.5 Å². The number of carbonyl (C=O) groups is 1. The van der Waals surface area contributed by atoms with Gasteiger partial charge in [-0.25, -0.2) is 4.39 Å². The van der Waals surface area contributed by atoms with E-state index in [2.05, 4.69) is 5.32 Å². The molecule has 2 aromatic carbocycles. The third-order valence-electron chi connectivity index (χ3n) is 2.56. The van der Waals surface area contributed by atoms with Gasteiger partial charge in [0.15, 0.2) is 6.61 Å². The van der Waals surface area contributed by atoms with Crippen LogP contribution in [0.5, 0.6) is 5.75 Å². The number of hydrogen-bond acceptors (Lipinski definition) is 3. The third-order valence-corrected chi connectivity index (χ3v) is 2.85. The number of rotatable bonds is 4. The Morgan fingerprint density at radius 3 is 2.62 bits per heavy atom. The van der Waals surface area contributed by atoms with E-state index in [1.807, 2.05) is 6.07 Å². The van der Waals surface area contributed by atoms with Crippen molar-refractivity contribution < 1.29 is 13.9 Å². The lowest BCUT2D eigenvalue weighted by Gasteiger charge is -2.08. The van der Waals surface area contributed by atoms with Crippen LogP contribution in [0.2, 0.25) is 5.02 Å². The van der Waals surface area contributed by atoms with Gasteiger partial charge >= 0.3 is 0 Å². The first-order chi connectivity index (χ1) is 10.1. The number of benzene rings is 2. The maximum absolute atomic E-state index is 13.0. The van der Waals surface area contributed by atoms with Crippen molar-refractivity contribution in [2.24, 2.45) is 0 Å². The first-order valence-corrected chi connectivity index (χ1v) is 6.34. The molecular weight excluding hydrogens is 295 g/mol. The molecule has 0 aliphatic rings. The summed E-state index contributed by atoms with van der Waals surface area (Å²) in [7, 11) is 0. The Labute approximate surface area is 125 Å². The zero-order valence-electron chi connectivity index (χ0n) is 10.8. The van der Waals surface area contributed by atoms with Crippen molar-refractivity contribution in [3.8, 4) is 11.8 Å². The summed E-state index contributed by atoms with van der Waals surface area (Å²) in [6, 6.07) is 12.2. The summed E-state index contributed by atoms with van der Waals surface area (Å²) in [5.74, 6) is -0.480. The number of amides is 1. The molecule has 1 amide bonds. The summed E-state index contributed by atoms with van der Waals surface area (Å²) in [4.78, 5) is 11.7. The molecule has 6 heteroatoms. The molecule has 0 heterocycles. The van der Waals surface area contributed by atoms with Crippen molar-refractivity contribution in [1.29, 1.82) is 5.26 Å². The summed E-state index contributed by atoms with van der Waals surface area (Å²) in [5, 5.41) is 11.1. The topological polar surface area (TPSA) is 62.1 Å². The maximum Gasteiger partial charge on any atom is 0.262 e. The number of nitriles is 1. The highest BCUT2D eigenvalue weighted by atomic mass is 35.5. The Morgan fingerprint density at radius 2 is 2.00 bits per heavy atom. The number of nitrogens with zero attached hydrogens (tertiary/aromatic N) is 1. The van der Waals surface area contributed by atoms with Gasteiger partial charge in [0.2, 0.25) is 0 Å². The van der Waals surface area contributed by atoms with Crippen LogP contribution in [-0.2, 0) is 4.79 Å². The molecule has 1 N–H and O–H groups in total. The van der Waals surface area contributed by atoms with E-state index in [4.69, 9.17) is 21.6 Å². The standard InChI is InChI=1S/C15H10ClFN2O2/c16-13-7-11(3-6-14(13)17)19-15(20)9-21-12-4-1-10(8-18)2-5-12/h1-7H,9H2,(H,19,20). The lowest BCUT2D eigenvalue weighted by molar-refractivity contribution is -0.118. The molecule has 0 aliphatic carbocycles. The van der Waals surface area contributed by atoms with Gasteiger partial charge in [-0.2, -0.15) is 5.26 Å². The molecule has 2 rings (SSSR count). The second-order valence-corrected chi connectivity index (χ2v) is 4.51. The quantitative estimate of drug-likeness (QED) is 0.942. The zero-order chi connectivity index (χ0) is 15.2. The fourth-order valence-electron chi connectivity index (χ4n) is 1.55. The molecule has 0 saturated carbocycles. The van der Waals surface area contributed by atoms with Gasteiger partial charge < -0.3 is 10.1 Å². The second-order valence-electron chi connectivity index (χ2n) is 4.10. The van der Waals surface area contributed by atoms with Crippen LogP contribution in [0.3, 0.4) is 0 Å². The predicted octanol–water partition coefficient (Wildman–Crippen LogP) is 3.37. The van der Waals surface area contributed by atoms with Crippen LogP contribution < -0.4 is 10.1 Å². The van der Waals surface area contributed by atoms with E-state index in [0.717, 1.165) is 0 Å². The number of carbonyl (C=O) groups excluding carboxylic acids is 1. The van der Waals surface area contributed by atoms with Crippen LogP contribution >= 0.6 is 11.6 Å². The Morgan fingerprint density at radius 1 is 1.29 bits per heavy atom. The van der Waals surface area contributed by atoms with Crippen molar-refractivity contribution in [1.82, 2.24) is 0 Å². The molecule has 0 unspecified atom stereocenters. The minimum atomic E-state index is -0.552. The largest absolute Gasteiger partial charge is 0.484 e.